The molecule has 1 aliphatic rings. The van der Waals surface area contributed by atoms with Gasteiger partial charge in [-0.3, -0.25) is 4.79 Å². The van der Waals surface area contributed by atoms with Gasteiger partial charge in [-0.1, -0.05) is 31.4 Å². The molecule has 1 fully saturated rings. The lowest BCUT2D eigenvalue weighted by atomic mass is 9.93. The SMILES string of the molecule is CCN(C(=O)c1cccc2cc[nH]c12)C1CCCCC1. The largest absolute Gasteiger partial charge is 0.361 e. The Labute approximate surface area is 120 Å². The van der Waals surface area contributed by atoms with Crippen molar-refractivity contribution in [1.29, 1.82) is 0 Å². The van der Waals surface area contributed by atoms with Crippen LogP contribution in [-0.2, 0) is 0 Å². The second-order valence-corrected chi connectivity index (χ2v) is 5.63. The molecular formula is C17H22N2O. The number of aromatic nitrogens is 1. The summed E-state index contributed by atoms with van der Waals surface area (Å²) < 4.78 is 0. The molecule has 0 saturated heterocycles. The van der Waals surface area contributed by atoms with Gasteiger partial charge >= 0.3 is 0 Å². The highest BCUT2D eigenvalue weighted by Crippen LogP contribution is 2.25. The molecule has 0 atom stereocenters. The quantitative estimate of drug-likeness (QED) is 0.900. The maximum atomic E-state index is 12.9. The summed E-state index contributed by atoms with van der Waals surface area (Å²) in [5, 5.41) is 1.11. The Kier molecular flexibility index (Phi) is 3.77. The highest BCUT2D eigenvalue weighted by molar-refractivity contribution is 6.05. The van der Waals surface area contributed by atoms with Gasteiger partial charge in [-0.2, -0.15) is 0 Å². The predicted octanol–water partition coefficient (Wildman–Crippen LogP) is 3.96. The van der Waals surface area contributed by atoms with E-state index in [-0.39, 0.29) is 5.91 Å². The number of para-hydroxylation sites is 1. The smallest absolute Gasteiger partial charge is 0.256 e. The molecule has 106 valence electrons. The number of benzene rings is 1. The number of fused-ring (bicyclic) bond motifs is 1. The molecule has 20 heavy (non-hydrogen) atoms. The van der Waals surface area contributed by atoms with Gasteiger partial charge in [-0.05, 0) is 31.9 Å². The summed E-state index contributed by atoms with van der Waals surface area (Å²) in [7, 11) is 0. The molecule has 3 rings (SSSR count). The zero-order valence-electron chi connectivity index (χ0n) is 12.1. The summed E-state index contributed by atoms with van der Waals surface area (Å²) >= 11 is 0. The van der Waals surface area contributed by atoms with E-state index in [4.69, 9.17) is 0 Å². The van der Waals surface area contributed by atoms with Crippen LogP contribution in [0.1, 0.15) is 49.4 Å². The highest BCUT2D eigenvalue weighted by atomic mass is 16.2. The number of hydrogen-bond donors (Lipinski definition) is 1. The van der Waals surface area contributed by atoms with Crippen LogP contribution in [0.25, 0.3) is 10.9 Å². The number of nitrogens with one attached hydrogen (secondary N) is 1. The summed E-state index contributed by atoms with van der Waals surface area (Å²) in [6.07, 6.45) is 8.02. The molecule has 0 spiro atoms. The van der Waals surface area contributed by atoms with Crippen molar-refractivity contribution in [3.05, 3.63) is 36.0 Å². The molecule has 3 nitrogen and oxygen atoms in total. The van der Waals surface area contributed by atoms with Gasteiger partial charge < -0.3 is 9.88 Å². The third kappa shape index (κ3) is 2.33. The van der Waals surface area contributed by atoms with Crippen LogP contribution >= 0.6 is 0 Å². The number of amides is 1. The van der Waals surface area contributed by atoms with E-state index in [1.165, 1.54) is 19.3 Å². The molecule has 1 aromatic heterocycles. The van der Waals surface area contributed by atoms with Gasteiger partial charge in [-0.15, -0.1) is 0 Å². The summed E-state index contributed by atoms with van der Waals surface area (Å²) in [5.41, 5.74) is 1.77. The molecule has 3 heteroatoms. The highest BCUT2D eigenvalue weighted by Gasteiger charge is 2.26. The molecule has 1 aromatic carbocycles. The number of H-pyrrole nitrogens is 1. The Balaban J connectivity index is 1.91. The normalized spacial score (nSPS) is 16.4. The van der Waals surface area contributed by atoms with Crippen molar-refractivity contribution in [2.75, 3.05) is 6.54 Å². The fourth-order valence-electron chi connectivity index (χ4n) is 3.38. The van der Waals surface area contributed by atoms with Gasteiger partial charge in [0.1, 0.15) is 0 Å². The molecule has 1 amide bonds. The molecule has 1 heterocycles. The molecule has 0 aliphatic heterocycles. The molecule has 2 aromatic rings. The van der Waals surface area contributed by atoms with Crippen LogP contribution in [0.4, 0.5) is 0 Å². The zero-order chi connectivity index (χ0) is 13.9. The lowest BCUT2D eigenvalue weighted by Crippen LogP contribution is -2.41. The van der Waals surface area contributed by atoms with Crippen molar-refractivity contribution in [3.8, 4) is 0 Å². The molecular weight excluding hydrogens is 248 g/mol. The molecule has 0 radical (unpaired) electrons. The Bertz CT molecular complexity index is 596. The maximum absolute atomic E-state index is 12.9. The van der Waals surface area contributed by atoms with Crippen LogP contribution in [-0.4, -0.2) is 28.4 Å². The fraction of sp³-hybridized carbons (Fsp3) is 0.471. The molecule has 0 unspecified atom stereocenters. The van der Waals surface area contributed by atoms with Crippen molar-refractivity contribution in [2.45, 2.75) is 45.1 Å². The first-order chi connectivity index (χ1) is 9.81. The average molecular weight is 270 g/mol. The van der Waals surface area contributed by atoms with Crippen molar-refractivity contribution < 1.29 is 4.79 Å². The van der Waals surface area contributed by atoms with E-state index in [9.17, 15) is 4.79 Å². The van der Waals surface area contributed by atoms with Crippen LogP contribution in [0.5, 0.6) is 0 Å². The van der Waals surface area contributed by atoms with Crippen LogP contribution in [0, 0.1) is 0 Å². The average Bonchev–Trinajstić information content (AvgIpc) is 2.97. The number of carbonyl (C=O) groups excluding carboxylic acids is 1. The Morgan fingerprint density at radius 1 is 1.25 bits per heavy atom. The summed E-state index contributed by atoms with van der Waals surface area (Å²) in [6.45, 7) is 2.88. The van der Waals surface area contributed by atoms with Gasteiger partial charge in [0.2, 0.25) is 0 Å². The lowest BCUT2D eigenvalue weighted by Gasteiger charge is -2.33. The molecule has 0 bridgehead atoms. The molecule has 1 N–H and O–H groups in total. The zero-order valence-corrected chi connectivity index (χ0v) is 12.1. The van der Waals surface area contributed by atoms with E-state index < -0.39 is 0 Å². The van der Waals surface area contributed by atoms with E-state index in [1.54, 1.807) is 0 Å². The summed E-state index contributed by atoms with van der Waals surface area (Å²) in [4.78, 5) is 18.2. The minimum absolute atomic E-state index is 0.174. The van der Waals surface area contributed by atoms with E-state index >= 15 is 0 Å². The van der Waals surface area contributed by atoms with E-state index in [1.807, 2.05) is 30.5 Å². The molecule has 1 aliphatic carbocycles. The van der Waals surface area contributed by atoms with Crippen molar-refractivity contribution >= 4 is 16.8 Å². The van der Waals surface area contributed by atoms with Crippen LogP contribution < -0.4 is 0 Å². The summed E-state index contributed by atoms with van der Waals surface area (Å²) in [6, 6.07) is 8.39. The minimum Gasteiger partial charge on any atom is -0.361 e. The summed E-state index contributed by atoms with van der Waals surface area (Å²) in [5.74, 6) is 0.174. The number of hydrogen-bond acceptors (Lipinski definition) is 1. The van der Waals surface area contributed by atoms with Gasteiger partial charge in [0.15, 0.2) is 0 Å². The van der Waals surface area contributed by atoms with Crippen molar-refractivity contribution in [3.63, 3.8) is 0 Å². The first-order valence-electron chi connectivity index (χ1n) is 7.68. The Morgan fingerprint density at radius 3 is 2.80 bits per heavy atom. The maximum Gasteiger partial charge on any atom is 0.256 e. The fourth-order valence-corrected chi connectivity index (χ4v) is 3.38. The standard InChI is InChI=1S/C17H22N2O/c1-2-19(14-8-4-3-5-9-14)17(20)15-10-6-7-13-11-12-18-16(13)15/h6-7,10-12,14,18H,2-5,8-9H2,1H3. The van der Waals surface area contributed by atoms with Gasteiger partial charge in [0, 0.05) is 24.2 Å². The van der Waals surface area contributed by atoms with E-state index in [2.05, 4.69) is 16.8 Å². The molecule has 1 saturated carbocycles. The number of aromatic amines is 1. The van der Waals surface area contributed by atoms with E-state index in [0.717, 1.165) is 35.9 Å². The minimum atomic E-state index is 0.174. The predicted molar refractivity (Wildman–Crippen MR) is 81.9 cm³/mol. The third-order valence-electron chi connectivity index (χ3n) is 4.43. The number of rotatable bonds is 3. The Hall–Kier alpha value is -1.77. The van der Waals surface area contributed by atoms with Gasteiger partial charge in [0.05, 0.1) is 11.1 Å². The second kappa shape index (κ2) is 5.70. The topological polar surface area (TPSA) is 36.1 Å². The first kappa shape index (κ1) is 13.2. The van der Waals surface area contributed by atoms with Crippen molar-refractivity contribution in [1.82, 2.24) is 9.88 Å². The van der Waals surface area contributed by atoms with Gasteiger partial charge in [-0.25, -0.2) is 0 Å². The number of carbonyl (C=O) groups is 1. The second-order valence-electron chi connectivity index (χ2n) is 5.63. The first-order valence-corrected chi connectivity index (χ1v) is 7.68. The lowest BCUT2D eigenvalue weighted by molar-refractivity contribution is 0.0650. The van der Waals surface area contributed by atoms with Crippen molar-refractivity contribution in [2.24, 2.45) is 0 Å². The monoisotopic (exact) mass is 270 g/mol. The van der Waals surface area contributed by atoms with E-state index in [0.29, 0.717) is 6.04 Å². The third-order valence-corrected chi connectivity index (χ3v) is 4.43. The van der Waals surface area contributed by atoms with Crippen LogP contribution in [0.2, 0.25) is 0 Å². The van der Waals surface area contributed by atoms with Gasteiger partial charge in [0.25, 0.3) is 5.91 Å². The van der Waals surface area contributed by atoms with Crippen LogP contribution in [0.3, 0.4) is 0 Å². The van der Waals surface area contributed by atoms with Crippen LogP contribution in [0.15, 0.2) is 30.5 Å². The number of nitrogens with zero attached hydrogens (tertiary/aromatic N) is 1. The Morgan fingerprint density at radius 2 is 2.05 bits per heavy atom.